The van der Waals surface area contributed by atoms with Gasteiger partial charge in [-0.15, -0.1) is 0 Å². The number of carbonyl (C=O) groups excluding carboxylic acids is 1. The van der Waals surface area contributed by atoms with E-state index in [0.717, 1.165) is 13.3 Å². The lowest BCUT2D eigenvalue weighted by molar-refractivity contribution is -0.0961. The molecule has 0 unspecified atom stereocenters. The first-order valence-electron chi connectivity index (χ1n) is 4.11. The first-order chi connectivity index (χ1) is 7.41. The molecule has 0 bridgehead atoms. The number of methoxy groups -OCH3 is 1. The minimum Gasteiger partial charge on any atom is -0.494 e. The van der Waals surface area contributed by atoms with Crippen molar-refractivity contribution in [1.29, 1.82) is 0 Å². The molecule has 0 fully saturated rings. The SMILES string of the molecule is COc1cccnc1C(=O)C(F)(F)C(F)F. The number of ketones is 1. The van der Waals surface area contributed by atoms with Crippen LogP contribution in [0.5, 0.6) is 5.75 Å². The molecule has 0 amide bonds. The summed E-state index contributed by atoms with van der Waals surface area (Å²) in [6, 6.07) is 2.51. The molecule has 16 heavy (non-hydrogen) atoms. The zero-order chi connectivity index (χ0) is 12.3. The van der Waals surface area contributed by atoms with E-state index in [1.165, 1.54) is 12.1 Å². The van der Waals surface area contributed by atoms with Crippen molar-refractivity contribution < 1.29 is 27.1 Å². The van der Waals surface area contributed by atoms with Gasteiger partial charge in [-0.3, -0.25) is 4.79 Å². The Morgan fingerprint density at radius 1 is 1.50 bits per heavy atom. The van der Waals surface area contributed by atoms with Crippen LogP contribution in [0.25, 0.3) is 0 Å². The van der Waals surface area contributed by atoms with E-state index in [-0.39, 0.29) is 5.75 Å². The van der Waals surface area contributed by atoms with Crippen LogP contribution in [0.3, 0.4) is 0 Å². The summed E-state index contributed by atoms with van der Waals surface area (Å²) >= 11 is 0. The number of hydrogen-bond acceptors (Lipinski definition) is 3. The summed E-state index contributed by atoms with van der Waals surface area (Å²) in [7, 11) is 1.12. The second kappa shape index (κ2) is 4.46. The molecule has 0 aliphatic heterocycles. The van der Waals surface area contributed by atoms with Crippen molar-refractivity contribution >= 4 is 5.78 Å². The highest BCUT2D eigenvalue weighted by molar-refractivity contribution is 6.02. The summed E-state index contributed by atoms with van der Waals surface area (Å²) < 4.78 is 54.0. The van der Waals surface area contributed by atoms with Crippen molar-refractivity contribution in [2.75, 3.05) is 7.11 Å². The molecular formula is C9H7F4NO2. The largest absolute Gasteiger partial charge is 0.494 e. The van der Waals surface area contributed by atoms with Crippen molar-refractivity contribution in [2.24, 2.45) is 0 Å². The molecule has 1 rings (SSSR count). The van der Waals surface area contributed by atoms with Crippen LogP contribution >= 0.6 is 0 Å². The Kier molecular flexibility index (Phi) is 3.46. The second-order valence-corrected chi connectivity index (χ2v) is 2.81. The van der Waals surface area contributed by atoms with E-state index in [1.807, 2.05) is 0 Å². The number of nitrogens with zero attached hydrogens (tertiary/aromatic N) is 1. The number of hydrogen-bond donors (Lipinski definition) is 0. The van der Waals surface area contributed by atoms with Gasteiger partial charge in [0.1, 0.15) is 5.75 Å². The Hall–Kier alpha value is -1.66. The van der Waals surface area contributed by atoms with Gasteiger partial charge in [0, 0.05) is 6.20 Å². The van der Waals surface area contributed by atoms with Gasteiger partial charge in [0.2, 0.25) is 0 Å². The summed E-state index contributed by atoms with van der Waals surface area (Å²) in [5.41, 5.74) is -0.810. The highest BCUT2D eigenvalue weighted by Crippen LogP contribution is 2.29. The van der Waals surface area contributed by atoms with E-state index in [2.05, 4.69) is 9.72 Å². The van der Waals surface area contributed by atoms with Gasteiger partial charge in [0.25, 0.3) is 5.78 Å². The number of alkyl halides is 4. The first kappa shape index (κ1) is 12.4. The normalized spacial score (nSPS) is 11.6. The smallest absolute Gasteiger partial charge is 0.370 e. The molecule has 0 N–H and O–H groups in total. The number of pyridine rings is 1. The fourth-order valence-corrected chi connectivity index (χ4v) is 0.983. The number of halogens is 4. The van der Waals surface area contributed by atoms with Crippen LogP contribution in [-0.4, -0.2) is 30.2 Å². The van der Waals surface area contributed by atoms with Gasteiger partial charge >= 0.3 is 12.3 Å². The van der Waals surface area contributed by atoms with Gasteiger partial charge < -0.3 is 4.74 Å². The van der Waals surface area contributed by atoms with E-state index in [1.54, 1.807) is 0 Å². The molecule has 1 aromatic heterocycles. The van der Waals surface area contributed by atoms with E-state index >= 15 is 0 Å². The van der Waals surface area contributed by atoms with Crippen molar-refractivity contribution in [3.8, 4) is 5.75 Å². The van der Waals surface area contributed by atoms with Crippen molar-refractivity contribution in [2.45, 2.75) is 12.3 Å². The zero-order valence-corrected chi connectivity index (χ0v) is 8.08. The van der Waals surface area contributed by atoms with Crippen LogP contribution in [0.2, 0.25) is 0 Å². The molecule has 0 radical (unpaired) electrons. The number of ether oxygens (including phenoxy) is 1. The van der Waals surface area contributed by atoms with Crippen LogP contribution < -0.4 is 4.74 Å². The quantitative estimate of drug-likeness (QED) is 0.595. The minimum absolute atomic E-state index is 0.271. The number of Topliss-reactive ketones (excluding diaryl/α,β-unsaturated/α-hetero) is 1. The third-order valence-corrected chi connectivity index (χ3v) is 1.78. The molecule has 1 aromatic rings. The molecule has 0 atom stereocenters. The molecule has 7 heteroatoms. The third-order valence-electron chi connectivity index (χ3n) is 1.78. The Bertz CT molecular complexity index is 395. The third kappa shape index (κ3) is 2.12. The highest BCUT2D eigenvalue weighted by atomic mass is 19.3. The maximum Gasteiger partial charge on any atom is 0.370 e. The molecular weight excluding hydrogens is 230 g/mol. The van der Waals surface area contributed by atoms with Gasteiger partial charge in [-0.05, 0) is 12.1 Å². The lowest BCUT2D eigenvalue weighted by Gasteiger charge is -2.14. The summed E-state index contributed by atoms with van der Waals surface area (Å²) in [4.78, 5) is 14.4. The molecule has 0 aromatic carbocycles. The molecule has 0 aliphatic rings. The zero-order valence-electron chi connectivity index (χ0n) is 8.08. The minimum atomic E-state index is -4.76. The monoisotopic (exact) mass is 237 g/mol. The fraction of sp³-hybridized carbons (Fsp3) is 0.333. The molecule has 0 spiro atoms. The fourth-order valence-electron chi connectivity index (χ4n) is 0.983. The Labute approximate surface area is 88.0 Å². The predicted octanol–water partition coefficient (Wildman–Crippen LogP) is 2.17. The second-order valence-electron chi connectivity index (χ2n) is 2.81. The lowest BCUT2D eigenvalue weighted by atomic mass is 10.1. The summed E-state index contributed by atoms with van der Waals surface area (Å²) in [5.74, 6) is -7.09. The van der Waals surface area contributed by atoms with Crippen molar-refractivity contribution in [3.05, 3.63) is 24.0 Å². The lowest BCUT2D eigenvalue weighted by Crippen LogP contribution is -2.37. The summed E-state index contributed by atoms with van der Waals surface area (Å²) in [5, 5.41) is 0. The van der Waals surface area contributed by atoms with Gasteiger partial charge in [-0.25, -0.2) is 13.8 Å². The van der Waals surface area contributed by atoms with Crippen LogP contribution in [0.4, 0.5) is 17.6 Å². The topological polar surface area (TPSA) is 39.2 Å². The predicted molar refractivity (Wildman–Crippen MR) is 46.1 cm³/mol. The molecule has 88 valence electrons. The maximum atomic E-state index is 12.7. The number of carbonyl (C=O) groups is 1. The van der Waals surface area contributed by atoms with Crippen molar-refractivity contribution in [3.63, 3.8) is 0 Å². The first-order valence-corrected chi connectivity index (χ1v) is 4.11. The molecule has 1 heterocycles. The Morgan fingerprint density at radius 3 is 2.62 bits per heavy atom. The Balaban J connectivity index is 3.14. The Morgan fingerprint density at radius 2 is 2.12 bits per heavy atom. The summed E-state index contributed by atoms with van der Waals surface area (Å²) in [6.07, 6.45) is -3.04. The summed E-state index contributed by atoms with van der Waals surface area (Å²) in [6.45, 7) is 0. The highest BCUT2D eigenvalue weighted by Gasteiger charge is 2.50. The van der Waals surface area contributed by atoms with Gasteiger partial charge in [0.05, 0.1) is 7.11 Å². The van der Waals surface area contributed by atoms with E-state index in [9.17, 15) is 22.4 Å². The average Bonchev–Trinajstić information content (AvgIpc) is 2.27. The number of aromatic nitrogens is 1. The maximum absolute atomic E-state index is 12.7. The molecule has 0 aliphatic carbocycles. The van der Waals surface area contributed by atoms with Crippen LogP contribution in [-0.2, 0) is 0 Å². The van der Waals surface area contributed by atoms with E-state index in [0.29, 0.717) is 0 Å². The molecule has 3 nitrogen and oxygen atoms in total. The van der Waals surface area contributed by atoms with Crippen molar-refractivity contribution in [1.82, 2.24) is 4.98 Å². The van der Waals surface area contributed by atoms with E-state index in [4.69, 9.17) is 0 Å². The van der Waals surface area contributed by atoms with Crippen LogP contribution in [0.1, 0.15) is 10.5 Å². The molecule has 0 saturated carbocycles. The standard InChI is InChI=1S/C9H7F4NO2/c1-16-5-3-2-4-14-6(5)7(15)9(12,13)8(10)11/h2-4,8H,1H3. The number of rotatable bonds is 4. The average molecular weight is 237 g/mol. The van der Waals surface area contributed by atoms with E-state index < -0.39 is 23.8 Å². The molecule has 0 saturated heterocycles. The van der Waals surface area contributed by atoms with Crippen LogP contribution in [0.15, 0.2) is 18.3 Å². The van der Waals surface area contributed by atoms with Gasteiger partial charge in [-0.1, -0.05) is 0 Å². The van der Waals surface area contributed by atoms with Crippen LogP contribution in [0, 0.1) is 0 Å². The van der Waals surface area contributed by atoms with Gasteiger partial charge in [0.15, 0.2) is 5.69 Å². The van der Waals surface area contributed by atoms with Gasteiger partial charge in [-0.2, -0.15) is 8.78 Å².